The lowest BCUT2D eigenvalue weighted by Gasteiger charge is -2.35. The highest BCUT2D eigenvalue weighted by atomic mass is 32.1. The van der Waals surface area contributed by atoms with Crippen molar-refractivity contribution in [3.8, 4) is 0 Å². The minimum atomic E-state index is 0.362. The third-order valence-corrected chi connectivity index (χ3v) is 5.84. The summed E-state index contributed by atoms with van der Waals surface area (Å²) in [5.41, 5.74) is 0.362. The molecule has 0 spiro atoms. The van der Waals surface area contributed by atoms with Crippen LogP contribution in [0.1, 0.15) is 41.9 Å². The number of hydrogen-bond donors (Lipinski definition) is 0. The van der Waals surface area contributed by atoms with Gasteiger partial charge < -0.3 is 0 Å². The maximum Gasteiger partial charge on any atom is 0.0390 e. The van der Waals surface area contributed by atoms with E-state index in [-0.39, 0.29) is 0 Å². The maximum atomic E-state index is 2.33. The minimum Gasteiger partial charge on any atom is -0.148 e. The van der Waals surface area contributed by atoms with Gasteiger partial charge in [-0.1, -0.05) is 31.4 Å². The first-order chi connectivity index (χ1) is 7.92. The predicted molar refractivity (Wildman–Crippen MR) is 72.5 cm³/mol. The van der Waals surface area contributed by atoms with Crippen LogP contribution in [0.15, 0.2) is 35.0 Å². The SMILES string of the molecule is c1csc(C2(c3cccs3)CCCCC2)c1. The monoisotopic (exact) mass is 248 g/mol. The van der Waals surface area contributed by atoms with E-state index in [2.05, 4.69) is 35.0 Å². The van der Waals surface area contributed by atoms with E-state index in [1.807, 2.05) is 22.7 Å². The average Bonchev–Trinajstić information content (AvgIpc) is 3.04. The van der Waals surface area contributed by atoms with Crippen LogP contribution in [-0.2, 0) is 5.41 Å². The van der Waals surface area contributed by atoms with Crippen LogP contribution >= 0.6 is 22.7 Å². The Hall–Kier alpha value is -0.600. The van der Waals surface area contributed by atoms with Crippen LogP contribution in [0, 0.1) is 0 Å². The van der Waals surface area contributed by atoms with Crippen molar-refractivity contribution in [3.63, 3.8) is 0 Å². The molecular formula is C14H16S2. The second kappa shape index (κ2) is 4.34. The van der Waals surface area contributed by atoms with Crippen LogP contribution in [0.3, 0.4) is 0 Å². The summed E-state index contributed by atoms with van der Waals surface area (Å²) < 4.78 is 0. The van der Waals surface area contributed by atoms with Gasteiger partial charge in [-0.2, -0.15) is 0 Å². The van der Waals surface area contributed by atoms with Crippen LogP contribution < -0.4 is 0 Å². The predicted octanol–water partition coefficient (Wildman–Crippen LogP) is 5.06. The topological polar surface area (TPSA) is 0 Å². The normalized spacial score (nSPS) is 19.8. The summed E-state index contributed by atoms with van der Waals surface area (Å²) in [6.07, 6.45) is 6.87. The van der Waals surface area contributed by atoms with Gasteiger partial charge >= 0.3 is 0 Å². The Balaban J connectivity index is 2.07. The van der Waals surface area contributed by atoms with Crippen molar-refractivity contribution in [2.45, 2.75) is 37.5 Å². The van der Waals surface area contributed by atoms with Crippen LogP contribution in [0.2, 0.25) is 0 Å². The molecule has 0 atom stereocenters. The average molecular weight is 248 g/mol. The smallest absolute Gasteiger partial charge is 0.0390 e. The summed E-state index contributed by atoms with van der Waals surface area (Å²) in [7, 11) is 0. The van der Waals surface area contributed by atoms with Crippen LogP contribution in [-0.4, -0.2) is 0 Å². The standard InChI is InChI=1S/C14H16S2/c1-2-8-14(9-3-1,12-6-4-10-15-12)13-7-5-11-16-13/h4-7,10-11H,1-3,8-9H2. The summed E-state index contributed by atoms with van der Waals surface area (Å²) in [4.78, 5) is 3.16. The lowest BCUT2D eigenvalue weighted by atomic mass is 9.72. The van der Waals surface area contributed by atoms with E-state index in [1.54, 1.807) is 9.75 Å². The maximum absolute atomic E-state index is 2.33. The summed E-state index contributed by atoms with van der Waals surface area (Å²) in [5.74, 6) is 0. The van der Waals surface area contributed by atoms with Crippen molar-refractivity contribution < 1.29 is 0 Å². The molecule has 16 heavy (non-hydrogen) atoms. The van der Waals surface area contributed by atoms with Crippen molar-refractivity contribution in [2.75, 3.05) is 0 Å². The zero-order chi connectivity index (χ0) is 10.8. The zero-order valence-electron chi connectivity index (χ0n) is 9.32. The molecule has 0 saturated heterocycles. The van der Waals surface area contributed by atoms with Crippen molar-refractivity contribution in [2.24, 2.45) is 0 Å². The van der Waals surface area contributed by atoms with Crippen LogP contribution in [0.5, 0.6) is 0 Å². The van der Waals surface area contributed by atoms with Crippen molar-refractivity contribution in [1.29, 1.82) is 0 Å². The molecule has 1 fully saturated rings. The molecule has 2 aromatic heterocycles. The molecule has 0 radical (unpaired) electrons. The highest BCUT2D eigenvalue weighted by Gasteiger charge is 2.37. The molecule has 84 valence electrons. The molecule has 1 aliphatic rings. The number of hydrogen-bond acceptors (Lipinski definition) is 2. The first-order valence-electron chi connectivity index (χ1n) is 6.00. The molecule has 1 aliphatic carbocycles. The molecule has 0 bridgehead atoms. The van der Waals surface area contributed by atoms with Gasteiger partial charge in [-0.25, -0.2) is 0 Å². The molecule has 2 aromatic rings. The van der Waals surface area contributed by atoms with Gasteiger partial charge in [0.1, 0.15) is 0 Å². The second-order valence-corrected chi connectivity index (χ2v) is 6.49. The molecule has 0 aliphatic heterocycles. The first-order valence-corrected chi connectivity index (χ1v) is 7.76. The summed E-state index contributed by atoms with van der Waals surface area (Å²) in [6, 6.07) is 9.05. The first kappa shape index (κ1) is 10.5. The van der Waals surface area contributed by atoms with Gasteiger partial charge in [-0.05, 0) is 35.7 Å². The van der Waals surface area contributed by atoms with E-state index in [0.29, 0.717) is 5.41 Å². The highest BCUT2D eigenvalue weighted by molar-refractivity contribution is 7.11. The minimum absolute atomic E-state index is 0.362. The van der Waals surface area contributed by atoms with Crippen molar-refractivity contribution in [3.05, 3.63) is 44.8 Å². The van der Waals surface area contributed by atoms with E-state index in [9.17, 15) is 0 Å². The fourth-order valence-corrected chi connectivity index (χ4v) is 4.94. The van der Waals surface area contributed by atoms with E-state index < -0.39 is 0 Å². The lowest BCUT2D eigenvalue weighted by Crippen LogP contribution is -2.28. The van der Waals surface area contributed by atoms with Gasteiger partial charge in [0.15, 0.2) is 0 Å². The lowest BCUT2D eigenvalue weighted by molar-refractivity contribution is 0.356. The molecule has 0 nitrogen and oxygen atoms in total. The Morgan fingerprint density at radius 2 is 1.38 bits per heavy atom. The Morgan fingerprint density at radius 1 is 0.812 bits per heavy atom. The Morgan fingerprint density at radius 3 is 1.81 bits per heavy atom. The fourth-order valence-electron chi connectivity index (χ4n) is 2.87. The van der Waals surface area contributed by atoms with Gasteiger partial charge in [0.2, 0.25) is 0 Å². The molecule has 0 N–H and O–H groups in total. The fraction of sp³-hybridized carbons (Fsp3) is 0.429. The number of rotatable bonds is 2. The molecular weight excluding hydrogens is 232 g/mol. The Bertz CT molecular complexity index is 383. The molecule has 2 heterocycles. The van der Waals surface area contributed by atoms with Gasteiger partial charge in [0.05, 0.1) is 0 Å². The molecule has 0 unspecified atom stereocenters. The largest absolute Gasteiger partial charge is 0.148 e. The van der Waals surface area contributed by atoms with Crippen molar-refractivity contribution >= 4 is 22.7 Å². The zero-order valence-corrected chi connectivity index (χ0v) is 10.9. The molecule has 0 aromatic carbocycles. The quantitative estimate of drug-likeness (QED) is 0.697. The third-order valence-electron chi connectivity index (χ3n) is 3.69. The van der Waals surface area contributed by atoms with Crippen LogP contribution in [0.4, 0.5) is 0 Å². The van der Waals surface area contributed by atoms with Crippen LogP contribution in [0.25, 0.3) is 0 Å². The van der Waals surface area contributed by atoms with E-state index in [1.165, 1.54) is 32.1 Å². The molecule has 1 saturated carbocycles. The second-order valence-electron chi connectivity index (χ2n) is 4.60. The molecule has 3 rings (SSSR count). The van der Waals surface area contributed by atoms with E-state index in [4.69, 9.17) is 0 Å². The van der Waals surface area contributed by atoms with Gasteiger partial charge in [0, 0.05) is 15.2 Å². The van der Waals surface area contributed by atoms with Gasteiger partial charge in [-0.15, -0.1) is 22.7 Å². The van der Waals surface area contributed by atoms with Gasteiger partial charge in [-0.3, -0.25) is 0 Å². The summed E-state index contributed by atoms with van der Waals surface area (Å²) in [5, 5.41) is 4.44. The summed E-state index contributed by atoms with van der Waals surface area (Å²) in [6.45, 7) is 0. The number of thiophene rings is 2. The Labute approximate surface area is 105 Å². The van der Waals surface area contributed by atoms with E-state index in [0.717, 1.165) is 0 Å². The highest BCUT2D eigenvalue weighted by Crippen LogP contribution is 2.47. The summed E-state index contributed by atoms with van der Waals surface area (Å²) >= 11 is 3.87. The van der Waals surface area contributed by atoms with Gasteiger partial charge in [0.25, 0.3) is 0 Å². The molecule has 0 amide bonds. The Kier molecular flexibility index (Phi) is 2.86. The van der Waals surface area contributed by atoms with Crippen molar-refractivity contribution in [1.82, 2.24) is 0 Å². The molecule has 2 heteroatoms. The van der Waals surface area contributed by atoms with E-state index >= 15 is 0 Å². The third kappa shape index (κ3) is 1.64.